The molecule has 0 unspecified atom stereocenters. The van der Waals surface area contributed by atoms with Crippen LogP contribution in [0.15, 0.2) is 33.7 Å². The maximum Gasteiger partial charge on any atom is 0.342 e. The lowest BCUT2D eigenvalue weighted by Gasteiger charge is -2.07. The van der Waals surface area contributed by atoms with Gasteiger partial charge in [-0.05, 0) is 50.6 Å². The number of aryl methyl sites for hydroxylation is 2. The number of aromatic nitrogens is 1. The number of furan rings is 1. The summed E-state index contributed by atoms with van der Waals surface area (Å²) in [4.78, 5) is 28.4. The van der Waals surface area contributed by atoms with E-state index in [4.69, 9.17) is 13.9 Å². The van der Waals surface area contributed by atoms with E-state index >= 15 is 0 Å². The SMILES string of the molecule is CCOC(=O)c1c(CSc2nc(C)cc(C)c2C#N)oc2ccc(OC(C)=O)cc12. The standard InChI is InChI=1S/C22H20N2O5S/c1-5-27-22(26)20-16-9-15(28-14(4)25)6-7-18(16)29-19(20)11-30-21-17(10-23)12(2)8-13(3)24-21/h6-9H,5,11H2,1-4H3. The predicted octanol–water partition coefficient (Wildman–Crippen LogP) is 4.71. The number of hydrogen-bond donors (Lipinski definition) is 0. The molecule has 30 heavy (non-hydrogen) atoms. The maximum absolute atomic E-state index is 12.6. The average molecular weight is 424 g/mol. The number of nitriles is 1. The van der Waals surface area contributed by atoms with Gasteiger partial charge in [-0.15, -0.1) is 0 Å². The topological polar surface area (TPSA) is 102 Å². The molecule has 0 aliphatic rings. The lowest BCUT2D eigenvalue weighted by molar-refractivity contribution is -0.131. The number of thioether (sulfide) groups is 1. The fraction of sp³-hybridized carbons (Fsp3) is 0.273. The summed E-state index contributed by atoms with van der Waals surface area (Å²) in [6, 6.07) is 8.85. The summed E-state index contributed by atoms with van der Waals surface area (Å²) >= 11 is 1.31. The molecule has 3 aromatic rings. The van der Waals surface area contributed by atoms with Gasteiger partial charge in [-0.2, -0.15) is 5.26 Å². The van der Waals surface area contributed by atoms with Crippen LogP contribution in [0.25, 0.3) is 11.0 Å². The Balaban J connectivity index is 2.03. The fourth-order valence-corrected chi connectivity index (χ4v) is 4.09. The van der Waals surface area contributed by atoms with Crippen molar-refractivity contribution in [2.45, 2.75) is 38.5 Å². The fourth-order valence-electron chi connectivity index (χ4n) is 3.06. The minimum Gasteiger partial charge on any atom is -0.462 e. The first kappa shape index (κ1) is 21.4. The Hall–Kier alpha value is -3.31. The summed E-state index contributed by atoms with van der Waals surface area (Å²) in [6.07, 6.45) is 0. The van der Waals surface area contributed by atoms with Crippen molar-refractivity contribution in [2.24, 2.45) is 0 Å². The second kappa shape index (κ2) is 9.01. The third-order valence-corrected chi connectivity index (χ3v) is 5.21. The van der Waals surface area contributed by atoms with Crippen molar-refractivity contribution in [3.05, 3.63) is 52.4 Å². The highest BCUT2D eigenvalue weighted by Gasteiger charge is 2.23. The third kappa shape index (κ3) is 4.47. The van der Waals surface area contributed by atoms with E-state index in [1.165, 1.54) is 18.7 Å². The van der Waals surface area contributed by atoms with E-state index in [1.807, 2.05) is 19.9 Å². The van der Waals surface area contributed by atoms with Gasteiger partial charge in [0, 0.05) is 18.0 Å². The van der Waals surface area contributed by atoms with Crippen LogP contribution in [-0.2, 0) is 15.3 Å². The molecule has 0 bridgehead atoms. The number of hydrogen-bond acceptors (Lipinski definition) is 8. The Morgan fingerprint density at radius 3 is 2.70 bits per heavy atom. The van der Waals surface area contributed by atoms with Gasteiger partial charge < -0.3 is 13.9 Å². The van der Waals surface area contributed by atoms with Gasteiger partial charge in [-0.25, -0.2) is 9.78 Å². The monoisotopic (exact) mass is 424 g/mol. The first-order valence-electron chi connectivity index (χ1n) is 9.26. The molecule has 0 amide bonds. The van der Waals surface area contributed by atoms with E-state index in [1.54, 1.807) is 25.1 Å². The first-order chi connectivity index (χ1) is 14.3. The van der Waals surface area contributed by atoms with E-state index in [0.29, 0.717) is 33.1 Å². The molecule has 0 saturated carbocycles. The van der Waals surface area contributed by atoms with Crippen LogP contribution < -0.4 is 4.74 Å². The molecular formula is C22H20N2O5S. The van der Waals surface area contributed by atoms with Gasteiger partial charge in [-0.3, -0.25) is 4.79 Å². The van der Waals surface area contributed by atoms with Crippen LogP contribution in [0.5, 0.6) is 5.75 Å². The van der Waals surface area contributed by atoms with Crippen molar-refractivity contribution in [3.8, 4) is 11.8 Å². The molecule has 3 rings (SSSR count). The minimum absolute atomic E-state index is 0.207. The zero-order chi connectivity index (χ0) is 21.8. The van der Waals surface area contributed by atoms with Crippen LogP contribution >= 0.6 is 11.8 Å². The molecule has 7 nitrogen and oxygen atoms in total. The van der Waals surface area contributed by atoms with Crippen LogP contribution in [0.4, 0.5) is 0 Å². The summed E-state index contributed by atoms with van der Waals surface area (Å²) in [5.41, 5.74) is 2.88. The number of carbonyl (C=O) groups excluding carboxylic acids is 2. The van der Waals surface area contributed by atoms with Crippen LogP contribution in [-0.4, -0.2) is 23.5 Å². The Bertz CT molecular complexity index is 1180. The molecule has 2 aromatic heterocycles. The highest BCUT2D eigenvalue weighted by molar-refractivity contribution is 7.98. The number of esters is 2. The lowest BCUT2D eigenvalue weighted by atomic mass is 10.1. The van der Waals surface area contributed by atoms with E-state index in [9.17, 15) is 14.9 Å². The molecule has 8 heteroatoms. The molecule has 154 valence electrons. The van der Waals surface area contributed by atoms with Crippen molar-refractivity contribution in [2.75, 3.05) is 6.61 Å². The molecule has 0 saturated heterocycles. The van der Waals surface area contributed by atoms with Crippen LogP contribution in [0.1, 0.15) is 46.8 Å². The van der Waals surface area contributed by atoms with Crippen molar-refractivity contribution < 1.29 is 23.5 Å². The Morgan fingerprint density at radius 2 is 2.03 bits per heavy atom. The zero-order valence-corrected chi connectivity index (χ0v) is 17.9. The Labute approximate surface area is 178 Å². The lowest BCUT2D eigenvalue weighted by Crippen LogP contribution is -2.07. The third-order valence-electron chi connectivity index (χ3n) is 4.24. The van der Waals surface area contributed by atoms with E-state index in [-0.39, 0.29) is 17.9 Å². The summed E-state index contributed by atoms with van der Waals surface area (Å²) in [6.45, 7) is 6.95. The van der Waals surface area contributed by atoms with Crippen molar-refractivity contribution in [3.63, 3.8) is 0 Å². The molecule has 0 aliphatic carbocycles. The van der Waals surface area contributed by atoms with Gasteiger partial charge in [0.25, 0.3) is 0 Å². The number of fused-ring (bicyclic) bond motifs is 1. The van der Waals surface area contributed by atoms with E-state index in [0.717, 1.165) is 11.3 Å². The Kier molecular flexibility index (Phi) is 6.43. The number of ether oxygens (including phenoxy) is 2. The van der Waals surface area contributed by atoms with Gasteiger partial charge in [0.2, 0.25) is 0 Å². The van der Waals surface area contributed by atoms with Gasteiger partial charge in [0.05, 0.1) is 17.9 Å². The molecule has 0 radical (unpaired) electrons. The summed E-state index contributed by atoms with van der Waals surface area (Å²) in [7, 11) is 0. The number of nitrogens with zero attached hydrogens (tertiary/aromatic N) is 2. The average Bonchev–Trinajstić information content (AvgIpc) is 3.03. The first-order valence-corrected chi connectivity index (χ1v) is 10.2. The molecule has 0 fully saturated rings. The molecule has 0 spiro atoms. The van der Waals surface area contributed by atoms with Crippen molar-refractivity contribution in [1.82, 2.24) is 4.98 Å². The summed E-state index contributed by atoms with van der Waals surface area (Å²) in [5.74, 6) is -0.00505. The predicted molar refractivity (Wildman–Crippen MR) is 111 cm³/mol. The zero-order valence-electron chi connectivity index (χ0n) is 17.1. The molecular weight excluding hydrogens is 404 g/mol. The molecule has 0 atom stereocenters. The van der Waals surface area contributed by atoms with E-state index < -0.39 is 11.9 Å². The van der Waals surface area contributed by atoms with Gasteiger partial charge in [0.1, 0.15) is 33.8 Å². The van der Waals surface area contributed by atoms with Crippen LogP contribution in [0.2, 0.25) is 0 Å². The second-order valence-corrected chi connectivity index (χ2v) is 7.50. The van der Waals surface area contributed by atoms with Gasteiger partial charge in [-0.1, -0.05) is 11.8 Å². The maximum atomic E-state index is 12.6. The smallest absolute Gasteiger partial charge is 0.342 e. The van der Waals surface area contributed by atoms with Crippen molar-refractivity contribution in [1.29, 1.82) is 5.26 Å². The number of benzene rings is 1. The summed E-state index contributed by atoms with van der Waals surface area (Å²) in [5, 5.41) is 10.5. The largest absolute Gasteiger partial charge is 0.462 e. The van der Waals surface area contributed by atoms with Crippen molar-refractivity contribution >= 4 is 34.7 Å². The van der Waals surface area contributed by atoms with Gasteiger partial charge >= 0.3 is 11.9 Å². The quantitative estimate of drug-likeness (QED) is 0.318. The normalized spacial score (nSPS) is 10.6. The molecule has 0 N–H and O–H groups in total. The molecule has 0 aliphatic heterocycles. The van der Waals surface area contributed by atoms with Crippen LogP contribution in [0, 0.1) is 25.2 Å². The highest BCUT2D eigenvalue weighted by Crippen LogP contribution is 2.34. The number of pyridine rings is 1. The molecule has 1 aromatic carbocycles. The number of rotatable bonds is 6. The molecule has 2 heterocycles. The Morgan fingerprint density at radius 1 is 1.27 bits per heavy atom. The minimum atomic E-state index is -0.527. The summed E-state index contributed by atoms with van der Waals surface area (Å²) < 4.78 is 16.2. The second-order valence-electron chi connectivity index (χ2n) is 6.53. The van der Waals surface area contributed by atoms with Crippen LogP contribution in [0.3, 0.4) is 0 Å². The highest BCUT2D eigenvalue weighted by atomic mass is 32.2. The van der Waals surface area contributed by atoms with E-state index in [2.05, 4.69) is 11.1 Å². The van der Waals surface area contributed by atoms with Gasteiger partial charge in [0.15, 0.2) is 0 Å². The number of carbonyl (C=O) groups is 2.